The lowest BCUT2D eigenvalue weighted by molar-refractivity contribution is 0.0115. The summed E-state index contributed by atoms with van der Waals surface area (Å²) in [6.07, 6.45) is -0.716. The number of methoxy groups -OCH3 is 1. The summed E-state index contributed by atoms with van der Waals surface area (Å²) in [6.45, 7) is 1.52. The summed E-state index contributed by atoms with van der Waals surface area (Å²) in [5.74, 6) is -3.80. The van der Waals surface area contributed by atoms with E-state index in [1.807, 2.05) is 0 Å². The van der Waals surface area contributed by atoms with Crippen LogP contribution in [-0.4, -0.2) is 34.2 Å². The monoisotopic (exact) mass is 328 g/mol. The summed E-state index contributed by atoms with van der Waals surface area (Å²) in [5.41, 5.74) is -0.854. The fraction of sp³-hybridized carbons (Fsp3) is 0.364. The summed E-state index contributed by atoms with van der Waals surface area (Å²) in [5, 5.41) is 0. The van der Waals surface area contributed by atoms with Crippen LogP contribution in [0.5, 0.6) is 0 Å². The Kier molecular flexibility index (Phi) is 5.43. The van der Waals surface area contributed by atoms with Gasteiger partial charge in [0.2, 0.25) is 0 Å². The van der Waals surface area contributed by atoms with E-state index in [1.165, 1.54) is 14.0 Å². The molecule has 0 amide bonds. The Balaban J connectivity index is 3.19. The molecule has 0 aliphatic heterocycles. The van der Waals surface area contributed by atoms with Gasteiger partial charge in [-0.25, -0.2) is 22.0 Å². The minimum atomic E-state index is -4.53. The number of carbonyl (C=O) groups excluding carboxylic acids is 1. The fourth-order valence-corrected chi connectivity index (χ4v) is 2.32. The van der Waals surface area contributed by atoms with Crippen LogP contribution >= 0.6 is 10.7 Å². The summed E-state index contributed by atoms with van der Waals surface area (Å²) in [7, 11) is 1.80. The molecule has 1 aromatic rings. The zero-order valence-electron chi connectivity index (χ0n) is 10.5. The number of hydrogen-bond acceptors (Lipinski definition) is 5. The predicted molar refractivity (Wildman–Crippen MR) is 66.2 cm³/mol. The Labute approximate surface area is 118 Å². The molecule has 0 radical (unpaired) electrons. The third-order valence-corrected chi connectivity index (χ3v) is 3.52. The molecular formula is C11H11ClF2O5S. The quantitative estimate of drug-likeness (QED) is 0.611. The van der Waals surface area contributed by atoms with Crippen molar-refractivity contribution in [3.05, 3.63) is 29.3 Å². The molecule has 0 aliphatic rings. The average Bonchev–Trinajstić information content (AvgIpc) is 2.30. The molecule has 1 unspecified atom stereocenters. The van der Waals surface area contributed by atoms with E-state index in [9.17, 15) is 22.0 Å². The van der Waals surface area contributed by atoms with Gasteiger partial charge in [0.15, 0.2) is 5.82 Å². The lowest BCUT2D eigenvalue weighted by Gasteiger charge is -2.13. The molecule has 112 valence electrons. The average molecular weight is 329 g/mol. The molecular weight excluding hydrogens is 318 g/mol. The van der Waals surface area contributed by atoms with Gasteiger partial charge in [-0.1, -0.05) is 0 Å². The van der Waals surface area contributed by atoms with Crippen LogP contribution in [-0.2, 0) is 18.5 Å². The highest BCUT2D eigenvalue weighted by Crippen LogP contribution is 2.24. The zero-order chi connectivity index (χ0) is 15.5. The second-order valence-corrected chi connectivity index (χ2v) is 6.41. The molecule has 0 fully saturated rings. The van der Waals surface area contributed by atoms with Crippen LogP contribution in [0.4, 0.5) is 8.78 Å². The third kappa shape index (κ3) is 4.12. The van der Waals surface area contributed by atoms with Crippen molar-refractivity contribution >= 4 is 25.7 Å². The fourth-order valence-electron chi connectivity index (χ4n) is 1.41. The first-order valence-electron chi connectivity index (χ1n) is 5.30. The molecule has 0 bridgehead atoms. The molecule has 0 spiro atoms. The molecule has 0 aliphatic carbocycles. The minimum Gasteiger partial charge on any atom is -0.457 e. The second-order valence-electron chi connectivity index (χ2n) is 3.87. The molecule has 1 aromatic carbocycles. The molecule has 1 atom stereocenters. The van der Waals surface area contributed by atoms with Gasteiger partial charge in [0.1, 0.15) is 16.8 Å². The van der Waals surface area contributed by atoms with Crippen molar-refractivity contribution < 1.29 is 31.5 Å². The molecule has 0 aromatic heterocycles. The Bertz CT molecular complexity index is 617. The summed E-state index contributed by atoms with van der Waals surface area (Å²) in [6, 6.07) is 0.912. The molecule has 0 saturated heterocycles. The Hall–Kier alpha value is -1.25. The van der Waals surface area contributed by atoms with E-state index >= 15 is 0 Å². The Morgan fingerprint density at radius 1 is 1.40 bits per heavy atom. The van der Waals surface area contributed by atoms with Crippen molar-refractivity contribution in [3.63, 3.8) is 0 Å². The molecule has 0 saturated carbocycles. The number of halogens is 3. The SMILES string of the molecule is COCC(C)OC(=O)c1cc(F)cc(S(=O)(=O)Cl)c1F. The highest BCUT2D eigenvalue weighted by atomic mass is 35.7. The van der Waals surface area contributed by atoms with Gasteiger partial charge in [0, 0.05) is 17.8 Å². The maximum absolute atomic E-state index is 13.9. The normalized spacial score (nSPS) is 13.1. The number of esters is 1. The summed E-state index contributed by atoms with van der Waals surface area (Å²) < 4.78 is 58.8. The van der Waals surface area contributed by atoms with Crippen molar-refractivity contribution in [2.45, 2.75) is 17.9 Å². The molecule has 9 heteroatoms. The number of rotatable bonds is 5. The van der Waals surface area contributed by atoms with Crippen LogP contribution in [0, 0.1) is 11.6 Å². The van der Waals surface area contributed by atoms with Crippen molar-refractivity contribution in [3.8, 4) is 0 Å². The van der Waals surface area contributed by atoms with Crippen LogP contribution in [0.15, 0.2) is 17.0 Å². The molecule has 5 nitrogen and oxygen atoms in total. The second kappa shape index (κ2) is 6.47. The van der Waals surface area contributed by atoms with E-state index in [2.05, 4.69) is 0 Å². The van der Waals surface area contributed by atoms with E-state index in [1.54, 1.807) is 0 Å². The van der Waals surface area contributed by atoms with E-state index in [0.717, 1.165) is 0 Å². The van der Waals surface area contributed by atoms with Gasteiger partial charge in [0.05, 0.1) is 12.2 Å². The van der Waals surface area contributed by atoms with Crippen LogP contribution < -0.4 is 0 Å². The molecule has 20 heavy (non-hydrogen) atoms. The number of hydrogen-bond donors (Lipinski definition) is 0. The van der Waals surface area contributed by atoms with E-state index in [-0.39, 0.29) is 6.61 Å². The van der Waals surface area contributed by atoms with Crippen molar-refractivity contribution in [2.24, 2.45) is 0 Å². The topological polar surface area (TPSA) is 69.7 Å². The van der Waals surface area contributed by atoms with Gasteiger partial charge in [-0.05, 0) is 19.1 Å². The third-order valence-electron chi connectivity index (χ3n) is 2.20. The van der Waals surface area contributed by atoms with Crippen molar-refractivity contribution in [1.82, 2.24) is 0 Å². The van der Waals surface area contributed by atoms with E-state index in [4.69, 9.17) is 20.2 Å². The summed E-state index contributed by atoms with van der Waals surface area (Å²) in [4.78, 5) is 10.5. The first-order chi connectivity index (χ1) is 9.16. The summed E-state index contributed by atoms with van der Waals surface area (Å²) >= 11 is 0. The maximum atomic E-state index is 13.9. The highest BCUT2D eigenvalue weighted by molar-refractivity contribution is 8.13. The Morgan fingerprint density at radius 2 is 2.00 bits per heavy atom. The predicted octanol–water partition coefficient (Wildman–Crippen LogP) is 2.08. The first kappa shape index (κ1) is 16.8. The highest BCUT2D eigenvalue weighted by Gasteiger charge is 2.25. The zero-order valence-corrected chi connectivity index (χ0v) is 12.1. The standard InChI is InChI=1S/C11H11ClF2O5S/c1-6(5-18-2)19-11(15)8-3-7(13)4-9(10(8)14)20(12,16)17/h3-4,6H,5H2,1-2H3. The van der Waals surface area contributed by atoms with Gasteiger partial charge in [-0.3, -0.25) is 0 Å². The van der Waals surface area contributed by atoms with Crippen molar-refractivity contribution in [2.75, 3.05) is 13.7 Å². The van der Waals surface area contributed by atoms with E-state index < -0.39 is 43.2 Å². The van der Waals surface area contributed by atoms with Gasteiger partial charge >= 0.3 is 5.97 Å². The molecule has 0 heterocycles. The van der Waals surface area contributed by atoms with Gasteiger partial charge in [-0.15, -0.1) is 0 Å². The lowest BCUT2D eigenvalue weighted by Crippen LogP contribution is -2.21. The van der Waals surface area contributed by atoms with Gasteiger partial charge in [0.25, 0.3) is 9.05 Å². The van der Waals surface area contributed by atoms with Crippen molar-refractivity contribution in [1.29, 1.82) is 0 Å². The van der Waals surface area contributed by atoms with Gasteiger partial charge < -0.3 is 9.47 Å². The maximum Gasteiger partial charge on any atom is 0.341 e. The Morgan fingerprint density at radius 3 is 2.50 bits per heavy atom. The number of ether oxygens (including phenoxy) is 2. The number of benzene rings is 1. The first-order valence-corrected chi connectivity index (χ1v) is 7.61. The van der Waals surface area contributed by atoms with Crippen LogP contribution in [0.3, 0.4) is 0 Å². The lowest BCUT2D eigenvalue weighted by atomic mass is 10.2. The smallest absolute Gasteiger partial charge is 0.341 e. The van der Waals surface area contributed by atoms with Crippen LogP contribution in [0.2, 0.25) is 0 Å². The van der Waals surface area contributed by atoms with Crippen LogP contribution in [0.1, 0.15) is 17.3 Å². The number of carbonyl (C=O) groups is 1. The minimum absolute atomic E-state index is 0.0450. The van der Waals surface area contributed by atoms with Gasteiger partial charge in [-0.2, -0.15) is 0 Å². The molecule has 1 rings (SSSR count). The van der Waals surface area contributed by atoms with E-state index in [0.29, 0.717) is 12.1 Å². The molecule has 0 N–H and O–H groups in total. The largest absolute Gasteiger partial charge is 0.457 e. The van der Waals surface area contributed by atoms with Crippen LogP contribution in [0.25, 0.3) is 0 Å².